The molecule has 1 N–H and O–H groups in total. The molecule has 0 atom stereocenters. The Kier molecular flexibility index (Phi) is 6.73. The van der Waals surface area contributed by atoms with Crippen LogP contribution in [0.4, 0.5) is 11.4 Å². The van der Waals surface area contributed by atoms with Crippen molar-refractivity contribution in [2.75, 3.05) is 23.4 Å². The molecule has 0 radical (unpaired) electrons. The number of rotatable bonds is 8. The highest BCUT2D eigenvalue weighted by Gasteiger charge is 2.21. The largest absolute Gasteiger partial charge is 0.456 e. The molecule has 3 rings (SSSR count). The molecule has 0 aromatic heterocycles. The van der Waals surface area contributed by atoms with E-state index in [1.165, 1.54) is 0 Å². The van der Waals surface area contributed by atoms with Gasteiger partial charge in [0.2, 0.25) is 5.91 Å². The third kappa shape index (κ3) is 5.75. The number of carbonyl (C=O) groups is 4. The molecule has 7 heteroatoms. The Balaban J connectivity index is 1.39. The number of ketones is 1. The van der Waals surface area contributed by atoms with Crippen LogP contribution in [0.5, 0.6) is 0 Å². The van der Waals surface area contributed by atoms with E-state index < -0.39 is 18.5 Å². The van der Waals surface area contributed by atoms with E-state index in [4.69, 9.17) is 4.74 Å². The van der Waals surface area contributed by atoms with Gasteiger partial charge in [-0.2, -0.15) is 0 Å². The van der Waals surface area contributed by atoms with Gasteiger partial charge in [-0.15, -0.1) is 0 Å². The molecule has 1 aliphatic heterocycles. The van der Waals surface area contributed by atoms with Crippen LogP contribution in [-0.4, -0.2) is 36.7 Å². The fourth-order valence-electron chi connectivity index (χ4n) is 3.05. The third-order valence-electron chi connectivity index (χ3n) is 4.55. The Bertz CT molecular complexity index is 893. The van der Waals surface area contributed by atoms with Gasteiger partial charge in [0.25, 0.3) is 5.91 Å². The minimum absolute atomic E-state index is 0.0289. The first-order valence-electron chi connectivity index (χ1n) is 9.47. The van der Waals surface area contributed by atoms with E-state index in [0.717, 1.165) is 12.1 Å². The van der Waals surface area contributed by atoms with E-state index in [2.05, 4.69) is 5.32 Å². The van der Waals surface area contributed by atoms with E-state index in [9.17, 15) is 19.2 Å². The molecule has 7 nitrogen and oxygen atoms in total. The molecule has 1 aliphatic rings. The number of carbonyl (C=O) groups excluding carboxylic acids is 4. The second-order valence-electron chi connectivity index (χ2n) is 6.69. The van der Waals surface area contributed by atoms with E-state index in [-0.39, 0.29) is 24.5 Å². The van der Waals surface area contributed by atoms with Crippen molar-refractivity contribution < 1.29 is 23.9 Å². The number of amides is 2. The topological polar surface area (TPSA) is 92.8 Å². The molecule has 1 saturated heterocycles. The number of hydrogen-bond donors (Lipinski definition) is 1. The first-order valence-corrected chi connectivity index (χ1v) is 9.47. The summed E-state index contributed by atoms with van der Waals surface area (Å²) in [6.45, 7) is 0.276. The van der Waals surface area contributed by atoms with Crippen LogP contribution in [0.1, 0.15) is 36.0 Å². The highest BCUT2D eigenvalue weighted by molar-refractivity contribution is 5.98. The summed E-state index contributed by atoms with van der Waals surface area (Å²) in [7, 11) is 0. The summed E-state index contributed by atoms with van der Waals surface area (Å²) in [5.41, 5.74) is 1.87. The molecule has 0 bridgehead atoms. The van der Waals surface area contributed by atoms with Crippen molar-refractivity contribution in [1.29, 1.82) is 0 Å². The molecule has 0 spiro atoms. The number of Topliss-reactive ketones (excluding diaryl/α,β-unsaturated/α-hetero) is 1. The van der Waals surface area contributed by atoms with Gasteiger partial charge < -0.3 is 15.0 Å². The van der Waals surface area contributed by atoms with Crippen molar-refractivity contribution in [2.24, 2.45) is 0 Å². The van der Waals surface area contributed by atoms with Gasteiger partial charge in [0.15, 0.2) is 12.4 Å². The molecule has 29 heavy (non-hydrogen) atoms. The lowest BCUT2D eigenvalue weighted by Crippen LogP contribution is -2.24. The maximum Gasteiger partial charge on any atom is 0.306 e. The lowest BCUT2D eigenvalue weighted by atomic mass is 10.1. The molecular weight excluding hydrogens is 372 g/mol. The number of nitrogens with zero attached hydrogens (tertiary/aromatic N) is 1. The molecular formula is C22H22N2O5. The molecule has 150 valence electrons. The fraction of sp³-hybridized carbons (Fsp3) is 0.273. The van der Waals surface area contributed by atoms with Crippen molar-refractivity contribution in [3.8, 4) is 0 Å². The van der Waals surface area contributed by atoms with E-state index in [1.807, 2.05) is 6.07 Å². The van der Waals surface area contributed by atoms with E-state index >= 15 is 0 Å². The number of ether oxygens (including phenoxy) is 1. The van der Waals surface area contributed by atoms with Crippen molar-refractivity contribution in [3.63, 3.8) is 0 Å². The average molecular weight is 394 g/mol. The van der Waals surface area contributed by atoms with Crippen LogP contribution in [0.25, 0.3) is 0 Å². The second-order valence-corrected chi connectivity index (χ2v) is 6.69. The van der Waals surface area contributed by atoms with Gasteiger partial charge in [-0.1, -0.05) is 30.3 Å². The van der Waals surface area contributed by atoms with Crippen molar-refractivity contribution >= 4 is 34.9 Å². The van der Waals surface area contributed by atoms with Crippen LogP contribution in [0, 0.1) is 0 Å². The van der Waals surface area contributed by atoms with E-state index in [1.54, 1.807) is 53.4 Å². The van der Waals surface area contributed by atoms with Gasteiger partial charge in [-0.05, 0) is 30.7 Å². The third-order valence-corrected chi connectivity index (χ3v) is 4.55. The number of esters is 1. The predicted octanol–water partition coefficient (Wildman–Crippen LogP) is 2.96. The average Bonchev–Trinajstić information content (AvgIpc) is 3.17. The Labute approximate surface area is 168 Å². The molecule has 2 aromatic rings. The summed E-state index contributed by atoms with van der Waals surface area (Å²) in [4.78, 5) is 49.1. The first kappa shape index (κ1) is 20.3. The zero-order valence-electron chi connectivity index (χ0n) is 15.9. The number of nitrogens with one attached hydrogen (secondary N) is 1. The maximum atomic E-state index is 12.0. The quantitative estimate of drug-likeness (QED) is 0.549. The lowest BCUT2D eigenvalue weighted by Gasteiger charge is -2.16. The minimum atomic E-state index is -0.604. The highest BCUT2D eigenvalue weighted by Crippen LogP contribution is 2.23. The monoisotopic (exact) mass is 394 g/mol. The number of hydrogen-bond acceptors (Lipinski definition) is 5. The number of anilines is 2. The molecule has 1 fully saturated rings. The van der Waals surface area contributed by atoms with Crippen LogP contribution in [-0.2, 0) is 19.1 Å². The molecule has 1 heterocycles. The summed E-state index contributed by atoms with van der Waals surface area (Å²) in [5.74, 6) is -1.13. The van der Waals surface area contributed by atoms with Crippen LogP contribution in [0.2, 0.25) is 0 Å². The minimum Gasteiger partial charge on any atom is -0.456 e. The molecule has 0 aliphatic carbocycles. The summed E-state index contributed by atoms with van der Waals surface area (Å²) in [5, 5.41) is 2.63. The van der Waals surface area contributed by atoms with E-state index in [0.29, 0.717) is 24.2 Å². The lowest BCUT2D eigenvalue weighted by molar-refractivity contribution is -0.147. The maximum absolute atomic E-state index is 12.0. The molecule has 2 aromatic carbocycles. The van der Waals surface area contributed by atoms with Crippen LogP contribution >= 0.6 is 0 Å². The second kappa shape index (κ2) is 9.64. The Morgan fingerprint density at radius 1 is 0.966 bits per heavy atom. The summed E-state index contributed by atoms with van der Waals surface area (Å²) >= 11 is 0. The Hall–Kier alpha value is -3.48. The summed E-state index contributed by atoms with van der Waals surface area (Å²) in [6, 6.07) is 15.6. The zero-order chi connectivity index (χ0) is 20.6. The smallest absolute Gasteiger partial charge is 0.306 e. The van der Waals surface area contributed by atoms with Crippen molar-refractivity contribution in [1.82, 2.24) is 0 Å². The van der Waals surface area contributed by atoms with Gasteiger partial charge in [-0.25, -0.2) is 0 Å². The Morgan fingerprint density at radius 2 is 1.69 bits per heavy atom. The predicted molar refractivity (Wildman–Crippen MR) is 108 cm³/mol. The molecule has 0 saturated carbocycles. The van der Waals surface area contributed by atoms with Crippen LogP contribution in [0.15, 0.2) is 54.6 Å². The fourth-order valence-corrected chi connectivity index (χ4v) is 3.05. The summed E-state index contributed by atoms with van der Waals surface area (Å²) < 4.78 is 4.93. The van der Waals surface area contributed by atoms with Crippen LogP contribution < -0.4 is 10.2 Å². The Morgan fingerprint density at radius 3 is 2.34 bits per heavy atom. The van der Waals surface area contributed by atoms with Gasteiger partial charge >= 0.3 is 5.97 Å². The van der Waals surface area contributed by atoms with Gasteiger partial charge in [-0.3, -0.25) is 19.2 Å². The SMILES string of the molecule is O=C(COC(=O)CCC(=O)c1ccccc1)Nc1ccc(N2CCCC2=O)cc1. The van der Waals surface area contributed by atoms with Gasteiger partial charge in [0.05, 0.1) is 6.42 Å². The van der Waals surface area contributed by atoms with Gasteiger partial charge in [0.1, 0.15) is 0 Å². The zero-order valence-corrected chi connectivity index (χ0v) is 15.9. The van der Waals surface area contributed by atoms with Crippen molar-refractivity contribution in [3.05, 3.63) is 60.2 Å². The first-order chi connectivity index (χ1) is 14.0. The molecule has 2 amide bonds. The van der Waals surface area contributed by atoms with Crippen molar-refractivity contribution in [2.45, 2.75) is 25.7 Å². The summed E-state index contributed by atoms with van der Waals surface area (Å²) in [6.07, 6.45) is 1.35. The van der Waals surface area contributed by atoms with Gasteiger partial charge in [0, 0.05) is 36.3 Å². The normalized spacial score (nSPS) is 13.2. The highest BCUT2D eigenvalue weighted by atomic mass is 16.5. The molecule has 0 unspecified atom stereocenters. The number of benzene rings is 2. The van der Waals surface area contributed by atoms with Crippen LogP contribution in [0.3, 0.4) is 0 Å². The standard InChI is InChI=1S/C22H22N2O5/c25-19(16-5-2-1-3-6-16)12-13-22(28)29-15-20(26)23-17-8-10-18(11-9-17)24-14-4-7-21(24)27/h1-3,5-6,8-11H,4,7,12-15H2,(H,23,26).